The lowest BCUT2D eigenvalue weighted by molar-refractivity contribution is 0.883. The van der Waals surface area contributed by atoms with Crippen LogP contribution in [0.1, 0.15) is 29.7 Å². The third kappa shape index (κ3) is 2.26. The van der Waals surface area contributed by atoms with Gasteiger partial charge in [0.2, 0.25) is 0 Å². The van der Waals surface area contributed by atoms with Crippen LogP contribution in [0.3, 0.4) is 0 Å². The van der Waals surface area contributed by atoms with Gasteiger partial charge in [-0.3, -0.25) is 0 Å². The number of nitrogens with one attached hydrogen (secondary N) is 1. The van der Waals surface area contributed by atoms with E-state index in [0.29, 0.717) is 6.04 Å². The molecular weight excluding hydrogens is 274 g/mol. The van der Waals surface area contributed by atoms with Crippen molar-refractivity contribution in [2.24, 2.45) is 0 Å². The van der Waals surface area contributed by atoms with Crippen LogP contribution in [0.4, 0.5) is 5.69 Å². The molecule has 1 atom stereocenters. The van der Waals surface area contributed by atoms with E-state index in [1.165, 1.54) is 33.5 Å². The van der Waals surface area contributed by atoms with Crippen molar-refractivity contribution in [3.63, 3.8) is 0 Å². The molecule has 3 aromatic rings. The van der Waals surface area contributed by atoms with Crippen LogP contribution in [-0.4, -0.2) is 0 Å². The largest absolute Gasteiger partial charge is 0.378 e. The van der Waals surface area contributed by atoms with Gasteiger partial charge in [-0.1, -0.05) is 42.5 Å². The third-order valence-electron chi connectivity index (χ3n) is 4.22. The molecule has 0 saturated heterocycles. The number of anilines is 1. The normalized spacial score (nSPS) is 13.6. The maximum Gasteiger partial charge on any atom is 0.0486 e. The van der Waals surface area contributed by atoms with Gasteiger partial charge in [0.15, 0.2) is 0 Å². The van der Waals surface area contributed by atoms with E-state index in [1.54, 1.807) is 11.3 Å². The molecule has 0 bridgehead atoms. The van der Waals surface area contributed by atoms with E-state index in [-0.39, 0.29) is 0 Å². The van der Waals surface area contributed by atoms with Gasteiger partial charge in [-0.15, -0.1) is 0 Å². The van der Waals surface area contributed by atoms with Crippen LogP contribution >= 0.6 is 11.3 Å². The first-order valence-corrected chi connectivity index (χ1v) is 8.25. The molecule has 1 nitrogen and oxygen atoms in total. The molecule has 1 aliphatic rings. The number of thiophene rings is 1. The molecule has 1 unspecified atom stereocenters. The van der Waals surface area contributed by atoms with Crippen molar-refractivity contribution in [3.8, 4) is 11.1 Å². The molecule has 2 heteroatoms. The van der Waals surface area contributed by atoms with Crippen LogP contribution in [0.5, 0.6) is 0 Å². The Morgan fingerprint density at radius 2 is 1.86 bits per heavy atom. The van der Waals surface area contributed by atoms with Gasteiger partial charge in [-0.05, 0) is 52.6 Å². The first kappa shape index (κ1) is 12.7. The maximum atomic E-state index is 3.56. The quantitative estimate of drug-likeness (QED) is 0.526. The fraction of sp³-hybridized carbons (Fsp3) is 0.158. The van der Waals surface area contributed by atoms with Gasteiger partial charge in [0, 0.05) is 17.1 Å². The Hall–Kier alpha value is -2.06. The number of rotatable bonds is 3. The Morgan fingerprint density at radius 1 is 1.00 bits per heavy atom. The molecular formula is C19H17NS. The van der Waals surface area contributed by atoms with E-state index in [1.807, 2.05) is 0 Å². The van der Waals surface area contributed by atoms with Gasteiger partial charge in [-0.25, -0.2) is 0 Å². The van der Waals surface area contributed by atoms with E-state index in [0.717, 1.165) is 6.42 Å². The van der Waals surface area contributed by atoms with Gasteiger partial charge in [0.25, 0.3) is 0 Å². The molecule has 2 aromatic carbocycles. The van der Waals surface area contributed by atoms with Gasteiger partial charge >= 0.3 is 0 Å². The predicted octanol–water partition coefficient (Wildman–Crippen LogP) is 5.49. The van der Waals surface area contributed by atoms with Crippen LogP contribution in [0.15, 0.2) is 59.3 Å². The summed E-state index contributed by atoms with van der Waals surface area (Å²) in [6.07, 6.45) is 1.06. The lowest BCUT2D eigenvalue weighted by Crippen LogP contribution is -2.06. The summed E-state index contributed by atoms with van der Waals surface area (Å²) in [7, 11) is 0. The van der Waals surface area contributed by atoms with Crippen molar-refractivity contribution >= 4 is 17.0 Å². The van der Waals surface area contributed by atoms with Crippen molar-refractivity contribution in [2.45, 2.75) is 19.4 Å². The number of hydrogen-bond donors (Lipinski definition) is 1. The highest BCUT2D eigenvalue weighted by molar-refractivity contribution is 7.08. The van der Waals surface area contributed by atoms with Gasteiger partial charge in [0.1, 0.15) is 0 Å². The minimum absolute atomic E-state index is 0.327. The molecule has 4 rings (SSSR count). The number of fused-ring (bicyclic) bond motifs is 3. The van der Waals surface area contributed by atoms with Gasteiger partial charge < -0.3 is 5.32 Å². The predicted molar refractivity (Wildman–Crippen MR) is 91.0 cm³/mol. The molecule has 0 amide bonds. The Balaban J connectivity index is 1.64. The van der Waals surface area contributed by atoms with Crippen molar-refractivity contribution in [2.75, 3.05) is 5.32 Å². The smallest absolute Gasteiger partial charge is 0.0486 e. The van der Waals surface area contributed by atoms with Gasteiger partial charge in [-0.2, -0.15) is 11.3 Å². The first-order chi connectivity index (χ1) is 10.3. The minimum atomic E-state index is 0.327. The fourth-order valence-corrected chi connectivity index (χ4v) is 3.71. The lowest BCUT2D eigenvalue weighted by atomic mass is 10.0. The van der Waals surface area contributed by atoms with Crippen LogP contribution in [0.25, 0.3) is 11.1 Å². The minimum Gasteiger partial charge on any atom is -0.378 e. The molecule has 1 heterocycles. The first-order valence-electron chi connectivity index (χ1n) is 7.31. The Labute approximate surface area is 129 Å². The Morgan fingerprint density at radius 3 is 2.71 bits per heavy atom. The zero-order chi connectivity index (χ0) is 14.2. The van der Waals surface area contributed by atoms with Crippen LogP contribution in [-0.2, 0) is 6.42 Å². The van der Waals surface area contributed by atoms with Crippen LogP contribution < -0.4 is 5.32 Å². The zero-order valence-corrected chi connectivity index (χ0v) is 12.8. The summed E-state index contributed by atoms with van der Waals surface area (Å²) < 4.78 is 0. The average molecular weight is 291 g/mol. The molecule has 0 aliphatic heterocycles. The summed E-state index contributed by atoms with van der Waals surface area (Å²) in [4.78, 5) is 0. The summed E-state index contributed by atoms with van der Waals surface area (Å²) in [6.45, 7) is 2.22. The molecule has 104 valence electrons. The topological polar surface area (TPSA) is 12.0 Å². The third-order valence-corrected chi connectivity index (χ3v) is 4.91. The summed E-state index contributed by atoms with van der Waals surface area (Å²) in [5.74, 6) is 0. The number of benzene rings is 2. The molecule has 1 aromatic heterocycles. The second kappa shape index (κ2) is 5.05. The summed E-state index contributed by atoms with van der Waals surface area (Å²) in [6, 6.07) is 18.1. The van der Waals surface area contributed by atoms with Crippen molar-refractivity contribution < 1.29 is 0 Å². The average Bonchev–Trinajstić information content (AvgIpc) is 3.13. The maximum absolute atomic E-state index is 3.56. The van der Waals surface area contributed by atoms with E-state index in [2.05, 4.69) is 71.5 Å². The summed E-state index contributed by atoms with van der Waals surface area (Å²) in [5.41, 5.74) is 8.26. The van der Waals surface area contributed by atoms with Crippen LogP contribution in [0, 0.1) is 0 Å². The molecule has 1 N–H and O–H groups in total. The molecule has 1 aliphatic carbocycles. The van der Waals surface area contributed by atoms with E-state index in [4.69, 9.17) is 0 Å². The SMILES string of the molecule is CC(Nc1ccsc1)c1ccc2c(c1)Cc1ccccc1-2. The van der Waals surface area contributed by atoms with Crippen molar-refractivity contribution in [3.05, 3.63) is 76.0 Å². The standard InChI is InChI=1S/C19H17NS/c1-13(20-17-8-9-21-12-17)14-6-7-19-16(10-14)11-15-4-2-3-5-18(15)19/h2-10,12-13,20H,11H2,1H3. The van der Waals surface area contributed by atoms with E-state index in [9.17, 15) is 0 Å². The zero-order valence-electron chi connectivity index (χ0n) is 12.0. The molecule has 0 spiro atoms. The fourth-order valence-electron chi connectivity index (χ4n) is 3.11. The monoisotopic (exact) mass is 291 g/mol. The second-order valence-electron chi connectivity index (χ2n) is 5.63. The van der Waals surface area contributed by atoms with Gasteiger partial charge in [0.05, 0.1) is 0 Å². The highest BCUT2D eigenvalue weighted by Crippen LogP contribution is 2.37. The molecule has 0 fully saturated rings. The van der Waals surface area contributed by atoms with E-state index >= 15 is 0 Å². The molecule has 0 radical (unpaired) electrons. The summed E-state index contributed by atoms with van der Waals surface area (Å²) >= 11 is 1.73. The molecule has 0 saturated carbocycles. The Kier molecular flexibility index (Phi) is 3.04. The van der Waals surface area contributed by atoms with Crippen molar-refractivity contribution in [1.82, 2.24) is 0 Å². The highest BCUT2D eigenvalue weighted by Gasteiger charge is 2.18. The van der Waals surface area contributed by atoms with E-state index < -0.39 is 0 Å². The number of hydrogen-bond acceptors (Lipinski definition) is 2. The van der Waals surface area contributed by atoms with Crippen molar-refractivity contribution in [1.29, 1.82) is 0 Å². The molecule has 21 heavy (non-hydrogen) atoms. The Bertz CT molecular complexity index is 774. The highest BCUT2D eigenvalue weighted by atomic mass is 32.1. The second-order valence-corrected chi connectivity index (χ2v) is 6.41. The lowest BCUT2D eigenvalue weighted by Gasteiger charge is -2.15. The summed E-state index contributed by atoms with van der Waals surface area (Å²) in [5, 5.41) is 7.82. The van der Waals surface area contributed by atoms with Crippen LogP contribution in [0.2, 0.25) is 0 Å².